The third kappa shape index (κ3) is 8.62. The molecule has 0 unspecified atom stereocenters. The third-order valence-electron chi connectivity index (χ3n) is 7.25. The van der Waals surface area contributed by atoms with E-state index < -0.39 is 145 Å². The van der Waals surface area contributed by atoms with Crippen LogP contribution in [0.5, 0.6) is 0 Å². The van der Waals surface area contributed by atoms with Gasteiger partial charge in [0.05, 0.1) is 26.1 Å². The molecule has 0 aromatic carbocycles. The zero-order chi connectivity index (χ0) is 50.8. The van der Waals surface area contributed by atoms with Gasteiger partial charge in [-0.15, -0.1) is 0 Å². The lowest BCUT2D eigenvalue weighted by molar-refractivity contribution is -0.461. The quantitative estimate of drug-likeness (QED) is 0.0693. The summed E-state index contributed by atoms with van der Waals surface area (Å²) >= 11 is 0. The molecule has 368 valence electrons. The van der Waals surface area contributed by atoms with E-state index in [9.17, 15) is 159 Å². The normalized spacial score (nSPS) is 16.2. The molecule has 0 aliphatic heterocycles. The van der Waals surface area contributed by atoms with E-state index in [1.165, 1.54) is 0 Å². The molecule has 0 saturated carbocycles. The van der Waals surface area contributed by atoms with E-state index in [0.29, 0.717) is 0 Å². The number of hydrogen-bond donors (Lipinski definition) is 0. The van der Waals surface area contributed by atoms with Gasteiger partial charge < -0.3 is 9.47 Å². The number of esters is 2. The second-order valence-corrected chi connectivity index (χ2v) is 11.5. The highest BCUT2D eigenvalue weighted by Crippen LogP contribution is 2.66. The van der Waals surface area contributed by atoms with E-state index in [1.54, 1.807) is 0 Å². The Bertz CT molecular complexity index is 1510. The molecule has 0 aliphatic rings. The molecule has 4 nitrogen and oxygen atoms in total. The van der Waals surface area contributed by atoms with Crippen LogP contribution in [0.25, 0.3) is 0 Å². The number of carbonyl (C=O) groups excluding carboxylic acids is 2. The van der Waals surface area contributed by atoms with Crippen molar-refractivity contribution in [3.05, 3.63) is 12.2 Å². The van der Waals surface area contributed by atoms with Gasteiger partial charge in [-0.1, -0.05) is 0 Å². The van der Waals surface area contributed by atoms with Crippen LogP contribution in [-0.2, 0) is 19.1 Å². The van der Waals surface area contributed by atoms with E-state index in [1.807, 2.05) is 0 Å². The van der Waals surface area contributed by atoms with Gasteiger partial charge in [0.15, 0.2) is 0 Å². The summed E-state index contributed by atoms with van der Waals surface area (Å²) in [6.45, 7) is -5.31. The first-order chi connectivity index (χ1) is 26.5. The van der Waals surface area contributed by atoms with Crippen LogP contribution in [0.15, 0.2) is 12.2 Å². The molecule has 0 aromatic rings. The lowest BCUT2D eigenvalue weighted by Gasteiger charge is -2.42. The van der Waals surface area contributed by atoms with Gasteiger partial charge in [-0.3, -0.25) is 0 Å². The van der Waals surface area contributed by atoms with Crippen LogP contribution in [-0.4, -0.2) is 120 Å². The molecule has 0 aliphatic carbocycles. The molecular formula is C24H10F34O4. The summed E-state index contributed by atoms with van der Waals surface area (Å²) < 4.78 is 457. The van der Waals surface area contributed by atoms with Gasteiger partial charge in [0.25, 0.3) is 0 Å². The fourth-order valence-electron chi connectivity index (χ4n) is 3.50. The summed E-state index contributed by atoms with van der Waals surface area (Å²) in [6, 6.07) is 0. The first kappa shape index (κ1) is 58.3. The van der Waals surface area contributed by atoms with E-state index in [0.717, 1.165) is 0 Å². The van der Waals surface area contributed by atoms with Gasteiger partial charge >= 0.3 is 107 Å². The van der Waals surface area contributed by atoms with Gasteiger partial charge in [-0.2, -0.15) is 149 Å². The maximum atomic E-state index is 13.8. The Morgan fingerprint density at radius 2 is 0.435 bits per heavy atom. The molecule has 0 heterocycles. The molecule has 0 atom stereocenters. The molecular weight excluding hydrogens is 998 g/mol. The summed E-state index contributed by atoms with van der Waals surface area (Å²) in [7, 11) is 0. The van der Waals surface area contributed by atoms with Crippen molar-refractivity contribution in [2.45, 2.75) is 108 Å². The zero-order valence-electron chi connectivity index (χ0n) is 27.5. The SMILES string of the molecule is O=C(/C=C\C(=O)OCCC(F)(F)C(F)(F)C(F)(F)C(F)(F)C(F)(F)C(F)(F)C(F)(F)C(F)(F)F)OCCC(F)(F)C(F)(F)C(F)(F)C(F)(F)C(F)(F)C(F)(F)C(F)(F)C(F)(F)F. The van der Waals surface area contributed by atoms with Crippen molar-refractivity contribution in [1.82, 2.24) is 0 Å². The maximum Gasteiger partial charge on any atom is 0.460 e. The predicted octanol–water partition coefficient (Wildman–Crippen LogP) is 11.4. The molecule has 0 spiro atoms. The van der Waals surface area contributed by atoms with Gasteiger partial charge in [0.2, 0.25) is 0 Å². The first-order valence-corrected chi connectivity index (χ1v) is 13.9. The van der Waals surface area contributed by atoms with Crippen molar-refractivity contribution < 1.29 is 168 Å². The van der Waals surface area contributed by atoms with E-state index in [4.69, 9.17) is 0 Å². The maximum absolute atomic E-state index is 13.8. The Labute approximate surface area is 315 Å². The monoisotopic (exact) mass is 1010 g/mol. The minimum atomic E-state index is -8.99. The smallest absolute Gasteiger partial charge is 0.460 e. The van der Waals surface area contributed by atoms with Crippen molar-refractivity contribution >= 4 is 11.9 Å². The Morgan fingerprint density at radius 3 is 0.613 bits per heavy atom. The van der Waals surface area contributed by atoms with Crippen LogP contribution in [0.3, 0.4) is 0 Å². The van der Waals surface area contributed by atoms with Crippen LogP contribution in [0.2, 0.25) is 0 Å². The highest BCUT2D eigenvalue weighted by molar-refractivity contribution is 5.91. The van der Waals surface area contributed by atoms with Crippen LogP contribution in [0, 0.1) is 0 Å². The summed E-state index contributed by atoms with van der Waals surface area (Å²) in [6.07, 6.45) is -24.2. The number of carbonyl (C=O) groups is 2. The van der Waals surface area contributed by atoms with Crippen molar-refractivity contribution in [3.8, 4) is 0 Å². The average Bonchev–Trinajstić information content (AvgIpc) is 3.04. The number of hydrogen-bond acceptors (Lipinski definition) is 4. The van der Waals surface area contributed by atoms with Crippen LogP contribution in [0.1, 0.15) is 12.8 Å². The zero-order valence-corrected chi connectivity index (χ0v) is 27.5. The van der Waals surface area contributed by atoms with Gasteiger partial charge in [0, 0.05) is 12.2 Å². The molecule has 0 radical (unpaired) electrons. The van der Waals surface area contributed by atoms with Gasteiger partial charge in [-0.25, -0.2) is 9.59 Å². The Kier molecular flexibility index (Phi) is 15.1. The summed E-state index contributed by atoms with van der Waals surface area (Å²) in [5, 5.41) is 0. The van der Waals surface area contributed by atoms with E-state index in [-0.39, 0.29) is 0 Å². The predicted molar refractivity (Wildman–Crippen MR) is 122 cm³/mol. The fourth-order valence-corrected chi connectivity index (χ4v) is 3.50. The summed E-state index contributed by atoms with van der Waals surface area (Å²) in [5.74, 6) is -124. The highest BCUT2D eigenvalue weighted by Gasteiger charge is 2.97. The van der Waals surface area contributed by atoms with Crippen molar-refractivity contribution in [1.29, 1.82) is 0 Å². The lowest BCUT2D eigenvalue weighted by Crippen LogP contribution is -2.74. The minimum Gasteiger partial charge on any atom is -0.462 e. The van der Waals surface area contributed by atoms with Crippen molar-refractivity contribution in [3.63, 3.8) is 0 Å². The summed E-state index contributed by atoms with van der Waals surface area (Å²) in [4.78, 5) is 22.7. The number of rotatable bonds is 20. The molecule has 0 saturated heterocycles. The summed E-state index contributed by atoms with van der Waals surface area (Å²) in [5.41, 5.74) is 0. The largest absolute Gasteiger partial charge is 0.462 e. The Balaban J connectivity index is 5.95. The number of halogens is 34. The van der Waals surface area contributed by atoms with Crippen LogP contribution in [0.4, 0.5) is 149 Å². The molecule has 0 N–H and O–H groups in total. The molecule has 0 bridgehead atoms. The minimum absolute atomic E-state index is 0.675. The lowest BCUT2D eigenvalue weighted by atomic mass is 9.88. The topological polar surface area (TPSA) is 52.6 Å². The first-order valence-electron chi connectivity index (χ1n) is 13.9. The van der Waals surface area contributed by atoms with E-state index >= 15 is 0 Å². The number of alkyl halides is 34. The average molecular weight is 1010 g/mol. The van der Waals surface area contributed by atoms with Gasteiger partial charge in [-0.05, 0) is 0 Å². The second-order valence-electron chi connectivity index (χ2n) is 11.5. The van der Waals surface area contributed by atoms with Gasteiger partial charge in [0.1, 0.15) is 0 Å². The number of ether oxygens (including phenoxy) is 2. The third-order valence-corrected chi connectivity index (χ3v) is 7.25. The highest BCUT2D eigenvalue weighted by atomic mass is 19.4. The standard InChI is InChI=1S/C24H10F34O4/c25-9(26,11(29,30)13(33,34)15(37,38)17(41,42)19(45,46)21(49,50)23(53,54)55)3-5-61-7(59)1-2-8(60)62-6-4-10(27,28)12(31,32)14(35,36)16(39,40)18(43,44)20(47,48)22(51,52)24(56,57)58/h1-2H,3-6H2/b2-1-. The molecule has 0 fully saturated rings. The van der Waals surface area contributed by atoms with Crippen molar-refractivity contribution in [2.24, 2.45) is 0 Å². The van der Waals surface area contributed by atoms with Crippen molar-refractivity contribution in [2.75, 3.05) is 13.2 Å². The Hall–Kier alpha value is -3.70. The molecule has 38 heteroatoms. The molecule has 0 aromatic heterocycles. The van der Waals surface area contributed by atoms with Crippen LogP contribution < -0.4 is 0 Å². The second kappa shape index (κ2) is 16.1. The molecule has 62 heavy (non-hydrogen) atoms. The Morgan fingerprint density at radius 1 is 0.274 bits per heavy atom. The fraction of sp³-hybridized carbons (Fsp3) is 0.833. The van der Waals surface area contributed by atoms with E-state index in [2.05, 4.69) is 9.47 Å². The van der Waals surface area contributed by atoms with Crippen LogP contribution >= 0.6 is 0 Å². The molecule has 0 amide bonds. The molecule has 0 rings (SSSR count).